The van der Waals surface area contributed by atoms with Crippen molar-refractivity contribution in [3.8, 4) is 0 Å². The van der Waals surface area contributed by atoms with Crippen LogP contribution in [0.2, 0.25) is 0 Å². The van der Waals surface area contributed by atoms with Gasteiger partial charge in [0.05, 0.1) is 5.56 Å². The highest BCUT2D eigenvalue weighted by molar-refractivity contribution is 9.10. The molecule has 1 atom stereocenters. The summed E-state index contributed by atoms with van der Waals surface area (Å²) in [7, 11) is 0. The molecule has 0 N–H and O–H groups in total. The number of hydrogen-bond donors (Lipinski definition) is 0. The van der Waals surface area contributed by atoms with Gasteiger partial charge in [-0.1, -0.05) is 43.7 Å². The van der Waals surface area contributed by atoms with Gasteiger partial charge in [-0.2, -0.15) is 0 Å². The lowest BCUT2D eigenvalue weighted by Crippen LogP contribution is -2.32. The van der Waals surface area contributed by atoms with Gasteiger partial charge in [0.25, 0.3) is 5.91 Å². The number of piperidine rings is 1. The number of benzene rings is 2. The number of hydrogen-bond acceptors (Lipinski definition) is 2. The number of carbonyl (C=O) groups excluding carboxylic acids is 1. The molecule has 0 saturated carbocycles. The van der Waals surface area contributed by atoms with Gasteiger partial charge in [0.15, 0.2) is 0 Å². The molecule has 0 bridgehead atoms. The Morgan fingerprint density at radius 3 is 2.56 bits per heavy atom. The van der Waals surface area contributed by atoms with Gasteiger partial charge >= 0.3 is 0 Å². The maximum atomic E-state index is 13.0. The van der Waals surface area contributed by atoms with Crippen molar-refractivity contribution in [2.24, 2.45) is 10.9 Å². The second kappa shape index (κ2) is 10.9. The molecule has 1 aliphatic carbocycles. The maximum absolute atomic E-state index is 13.0. The molecule has 1 fully saturated rings. The molecular weight excluding hydrogens is 484 g/mol. The SMILES string of the molecule is CCN1CCC(c2ccc3c(c2)CCC2Cc4cccc(Br)c4C(=O)N=C2CCCCC3)CC1. The molecule has 3 nitrogen and oxygen atoms in total. The summed E-state index contributed by atoms with van der Waals surface area (Å²) in [5.41, 5.74) is 7.69. The van der Waals surface area contributed by atoms with Crippen molar-refractivity contribution < 1.29 is 4.79 Å². The number of fused-ring (bicyclic) bond motifs is 3. The molecule has 4 heteroatoms. The third kappa shape index (κ3) is 5.23. The number of amides is 1. The molecule has 2 aliphatic heterocycles. The van der Waals surface area contributed by atoms with Crippen LogP contribution in [0.15, 0.2) is 45.9 Å². The Balaban J connectivity index is 1.41. The number of rotatable bonds is 2. The van der Waals surface area contributed by atoms with Crippen molar-refractivity contribution in [1.82, 2.24) is 4.90 Å². The Kier molecular flexibility index (Phi) is 7.65. The van der Waals surface area contributed by atoms with Crippen molar-refractivity contribution in [2.75, 3.05) is 19.6 Å². The van der Waals surface area contributed by atoms with Gasteiger partial charge in [0.2, 0.25) is 0 Å². The Morgan fingerprint density at radius 2 is 1.74 bits per heavy atom. The largest absolute Gasteiger partial charge is 0.304 e. The van der Waals surface area contributed by atoms with Crippen molar-refractivity contribution in [3.63, 3.8) is 0 Å². The Hall–Kier alpha value is -1.78. The molecular formula is C30H37BrN2O. The van der Waals surface area contributed by atoms with Gasteiger partial charge in [-0.3, -0.25) is 4.79 Å². The van der Waals surface area contributed by atoms with Crippen LogP contribution in [0.3, 0.4) is 0 Å². The minimum Gasteiger partial charge on any atom is -0.304 e. The van der Waals surface area contributed by atoms with Crippen molar-refractivity contribution in [2.45, 2.75) is 77.0 Å². The van der Waals surface area contributed by atoms with Gasteiger partial charge in [-0.25, -0.2) is 4.99 Å². The average Bonchev–Trinajstić information content (AvgIpc) is 3.01. The Morgan fingerprint density at radius 1 is 0.912 bits per heavy atom. The van der Waals surface area contributed by atoms with Gasteiger partial charge in [0.1, 0.15) is 0 Å². The fourth-order valence-electron chi connectivity index (χ4n) is 6.25. The molecule has 1 unspecified atom stereocenters. The van der Waals surface area contributed by atoms with E-state index in [0.717, 1.165) is 53.4 Å². The van der Waals surface area contributed by atoms with E-state index in [2.05, 4.69) is 58.1 Å². The third-order valence-electron chi connectivity index (χ3n) is 8.37. The lowest BCUT2D eigenvalue weighted by molar-refractivity contribution is 0.100. The van der Waals surface area contributed by atoms with E-state index in [1.165, 1.54) is 51.7 Å². The van der Waals surface area contributed by atoms with Crippen LogP contribution < -0.4 is 0 Å². The first kappa shape index (κ1) is 23.9. The molecule has 1 saturated heterocycles. The molecule has 3 aliphatic rings. The summed E-state index contributed by atoms with van der Waals surface area (Å²) in [6, 6.07) is 13.5. The zero-order valence-electron chi connectivity index (χ0n) is 20.5. The molecule has 0 spiro atoms. The highest BCUT2D eigenvalue weighted by Gasteiger charge is 2.27. The fourth-order valence-corrected chi connectivity index (χ4v) is 6.83. The fraction of sp³-hybridized carbons (Fsp3) is 0.533. The smallest absolute Gasteiger partial charge is 0.278 e. The summed E-state index contributed by atoms with van der Waals surface area (Å²) in [4.78, 5) is 20.3. The van der Waals surface area contributed by atoms with E-state index in [0.29, 0.717) is 11.8 Å². The quantitative estimate of drug-likeness (QED) is 0.421. The van der Waals surface area contributed by atoms with E-state index in [4.69, 9.17) is 4.99 Å². The van der Waals surface area contributed by atoms with Gasteiger partial charge in [-0.15, -0.1) is 0 Å². The lowest BCUT2D eigenvalue weighted by atomic mass is 9.84. The standard InChI is InChI=1S/C30H37BrN2O/c1-2-33-17-15-22(16-18-33)24-12-11-21-7-4-3-5-10-28-25(14-13-23(21)19-24)20-26-8-6-9-27(31)29(26)30(34)32-28/h6,8-9,11-12,19,22,25H,2-5,7,10,13-18,20H2,1H3. The zero-order valence-corrected chi connectivity index (χ0v) is 22.1. The van der Waals surface area contributed by atoms with E-state index < -0.39 is 0 Å². The second-order valence-electron chi connectivity index (χ2n) is 10.4. The molecule has 2 aromatic carbocycles. The highest BCUT2D eigenvalue weighted by Crippen LogP contribution is 2.33. The molecule has 5 rings (SSSR count). The lowest BCUT2D eigenvalue weighted by Gasteiger charge is -2.31. The van der Waals surface area contributed by atoms with E-state index in [9.17, 15) is 4.79 Å². The number of nitrogens with zero attached hydrogens (tertiary/aromatic N) is 2. The highest BCUT2D eigenvalue weighted by atomic mass is 79.9. The van der Waals surface area contributed by atoms with Crippen molar-refractivity contribution in [3.05, 3.63) is 68.7 Å². The number of likely N-dealkylation sites (tertiary alicyclic amines) is 1. The summed E-state index contributed by atoms with van der Waals surface area (Å²) in [5.74, 6) is 0.987. The third-order valence-corrected chi connectivity index (χ3v) is 9.04. The molecule has 0 radical (unpaired) electrons. The van der Waals surface area contributed by atoms with Gasteiger partial charge < -0.3 is 4.90 Å². The number of halogens is 1. The van der Waals surface area contributed by atoms with Crippen LogP contribution >= 0.6 is 15.9 Å². The molecule has 0 aromatic heterocycles. The van der Waals surface area contributed by atoms with Gasteiger partial charge in [0, 0.05) is 16.1 Å². The first-order valence-corrected chi connectivity index (χ1v) is 14.1. The van der Waals surface area contributed by atoms with E-state index in [1.54, 1.807) is 16.7 Å². The van der Waals surface area contributed by atoms with Crippen LogP contribution in [0, 0.1) is 5.92 Å². The first-order chi connectivity index (χ1) is 16.6. The van der Waals surface area contributed by atoms with Crippen LogP contribution in [-0.2, 0) is 19.3 Å². The van der Waals surface area contributed by atoms with Crippen molar-refractivity contribution >= 4 is 27.5 Å². The second-order valence-corrected chi connectivity index (χ2v) is 11.3. The molecule has 2 aromatic rings. The van der Waals surface area contributed by atoms with Gasteiger partial charge in [-0.05, 0) is 128 Å². The first-order valence-electron chi connectivity index (χ1n) is 13.4. The Labute approximate surface area is 213 Å². The predicted octanol–water partition coefficient (Wildman–Crippen LogP) is 7.15. The maximum Gasteiger partial charge on any atom is 0.278 e. The topological polar surface area (TPSA) is 32.7 Å². The van der Waals surface area contributed by atoms with Crippen LogP contribution in [-0.4, -0.2) is 36.2 Å². The molecule has 2 heterocycles. The molecule has 1 amide bonds. The van der Waals surface area contributed by atoms with E-state index in [1.807, 2.05) is 6.07 Å². The van der Waals surface area contributed by atoms with Crippen LogP contribution in [0.5, 0.6) is 0 Å². The molecule has 34 heavy (non-hydrogen) atoms. The minimum absolute atomic E-state index is 0.0593. The monoisotopic (exact) mass is 520 g/mol. The molecule has 180 valence electrons. The summed E-state index contributed by atoms with van der Waals surface area (Å²) >= 11 is 3.60. The minimum atomic E-state index is -0.0593. The normalized spacial score (nSPS) is 22.6. The summed E-state index contributed by atoms with van der Waals surface area (Å²) in [5, 5.41) is 0. The number of aryl methyl sites for hydroxylation is 2. The number of aliphatic imine (C=N–C) groups is 1. The summed E-state index contributed by atoms with van der Waals surface area (Å²) in [6.07, 6.45) is 11.3. The van der Waals surface area contributed by atoms with Crippen molar-refractivity contribution in [1.29, 1.82) is 0 Å². The zero-order chi connectivity index (χ0) is 23.5. The summed E-state index contributed by atoms with van der Waals surface area (Å²) < 4.78 is 0.879. The van der Waals surface area contributed by atoms with E-state index >= 15 is 0 Å². The average molecular weight is 522 g/mol. The van der Waals surface area contributed by atoms with Crippen LogP contribution in [0.4, 0.5) is 0 Å². The van der Waals surface area contributed by atoms with Crippen LogP contribution in [0.1, 0.15) is 90.4 Å². The summed E-state index contributed by atoms with van der Waals surface area (Å²) in [6.45, 7) is 5.90. The predicted molar refractivity (Wildman–Crippen MR) is 144 cm³/mol. The Bertz CT molecular complexity index is 1070. The number of carbonyl (C=O) groups is 1. The van der Waals surface area contributed by atoms with Crippen LogP contribution in [0.25, 0.3) is 0 Å². The van der Waals surface area contributed by atoms with E-state index in [-0.39, 0.29) is 5.91 Å².